The number of hydrogen-bond donors (Lipinski definition) is 1. The van der Waals surface area contributed by atoms with E-state index in [1.54, 1.807) is 13.0 Å². The highest BCUT2D eigenvalue weighted by molar-refractivity contribution is 8.00. The maximum absolute atomic E-state index is 12.2. The maximum Gasteiger partial charge on any atom is 0.239 e. The number of hydrogen-bond acceptors (Lipinski definition) is 6. The van der Waals surface area contributed by atoms with Gasteiger partial charge < -0.3 is 14.0 Å². The van der Waals surface area contributed by atoms with Crippen LogP contribution in [-0.4, -0.2) is 29.5 Å². The molecule has 0 saturated carbocycles. The molecule has 122 valence electrons. The fourth-order valence-corrected chi connectivity index (χ4v) is 3.02. The first-order chi connectivity index (χ1) is 11.1. The first-order valence-corrected chi connectivity index (χ1v) is 8.30. The van der Waals surface area contributed by atoms with Gasteiger partial charge >= 0.3 is 0 Å². The normalized spacial score (nSPS) is 14.9. The number of carbonyl (C=O) groups excluding carboxylic acids is 1. The molecule has 0 spiro atoms. The third-order valence-electron chi connectivity index (χ3n) is 3.28. The Morgan fingerprint density at radius 2 is 2.04 bits per heavy atom. The fourth-order valence-electron chi connectivity index (χ4n) is 2.12. The molecular weight excluding hydrogens is 316 g/mol. The second-order valence-corrected chi connectivity index (χ2v) is 6.66. The van der Waals surface area contributed by atoms with Crippen LogP contribution in [0, 0.1) is 6.92 Å². The van der Waals surface area contributed by atoms with Crippen LogP contribution in [0.2, 0.25) is 0 Å². The Kier molecular flexibility index (Phi) is 4.76. The van der Waals surface area contributed by atoms with Gasteiger partial charge in [-0.05, 0) is 32.0 Å². The van der Waals surface area contributed by atoms with Crippen LogP contribution in [0.25, 0.3) is 0 Å². The summed E-state index contributed by atoms with van der Waals surface area (Å²) in [5, 5.41) is 6.17. The molecule has 2 heterocycles. The van der Waals surface area contributed by atoms with Crippen molar-refractivity contribution >= 4 is 23.6 Å². The minimum atomic E-state index is -0.287. The molecule has 1 amide bonds. The van der Waals surface area contributed by atoms with Crippen LogP contribution in [0.4, 0.5) is 5.88 Å². The van der Waals surface area contributed by atoms with Crippen molar-refractivity contribution in [2.45, 2.75) is 30.4 Å². The molecule has 1 aliphatic heterocycles. The van der Waals surface area contributed by atoms with E-state index in [0.717, 1.165) is 28.5 Å². The van der Waals surface area contributed by atoms with E-state index in [1.165, 1.54) is 11.8 Å². The number of aromatic nitrogens is 1. The maximum atomic E-state index is 12.2. The molecule has 0 radical (unpaired) electrons. The lowest BCUT2D eigenvalue weighted by Gasteiger charge is -2.12. The van der Waals surface area contributed by atoms with Crippen LogP contribution in [-0.2, 0) is 4.79 Å². The Hall–Kier alpha value is -2.15. The molecule has 23 heavy (non-hydrogen) atoms. The molecule has 3 rings (SSSR count). The van der Waals surface area contributed by atoms with Crippen molar-refractivity contribution in [3.63, 3.8) is 0 Å². The first-order valence-electron chi connectivity index (χ1n) is 7.42. The number of nitrogens with one attached hydrogen (secondary N) is 1. The number of anilines is 1. The molecule has 1 aromatic heterocycles. The van der Waals surface area contributed by atoms with Gasteiger partial charge in [-0.1, -0.05) is 5.16 Å². The van der Waals surface area contributed by atoms with Crippen LogP contribution in [0.3, 0.4) is 0 Å². The summed E-state index contributed by atoms with van der Waals surface area (Å²) < 4.78 is 16.3. The molecule has 2 aromatic rings. The van der Waals surface area contributed by atoms with E-state index in [1.807, 2.05) is 25.1 Å². The summed E-state index contributed by atoms with van der Waals surface area (Å²) in [6, 6.07) is 7.41. The van der Waals surface area contributed by atoms with Gasteiger partial charge in [0.25, 0.3) is 0 Å². The van der Waals surface area contributed by atoms with Gasteiger partial charge in [0.05, 0.1) is 24.2 Å². The number of aryl methyl sites for hydroxylation is 1. The number of carbonyl (C=O) groups is 1. The number of nitrogens with zero attached hydrogens (tertiary/aromatic N) is 1. The van der Waals surface area contributed by atoms with Gasteiger partial charge in [-0.2, -0.15) is 0 Å². The van der Waals surface area contributed by atoms with Crippen molar-refractivity contribution < 1.29 is 18.8 Å². The molecule has 0 bridgehead atoms. The van der Waals surface area contributed by atoms with Gasteiger partial charge in [-0.25, -0.2) is 0 Å². The van der Waals surface area contributed by atoms with E-state index >= 15 is 0 Å². The Bertz CT molecular complexity index is 701. The molecule has 1 N–H and O–H groups in total. The summed E-state index contributed by atoms with van der Waals surface area (Å²) in [6.45, 7) is 4.94. The van der Waals surface area contributed by atoms with Crippen LogP contribution < -0.4 is 14.8 Å². The fraction of sp³-hybridized carbons (Fsp3) is 0.375. The Morgan fingerprint density at radius 1 is 1.26 bits per heavy atom. The standard InChI is InChI=1S/C16H18N2O4S/c1-10-8-15(22-18-10)17-16(19)11(2)23-12-4-5-13-14(9-12)21-7-3-6-20-13/h4-5,8-9,11H,3,6-7H2,1-2H3,(H,17,19). The molecular formula is C16H18N2O4S. The zero-order valence-electron chi connectivity index (χ0n) is 13.0. The van der Waals surface area contributed by atoms with Crippen molar-refractivity contribution in [2.75, 3.05) is 18.5 Å². The quantitative estimate of drug-likeness (QED) is 0.865. The van der Waals surface area contributed by atoms with Crippen LogP contribution in [0.5, 0.6) is 11.5 Å². The molecule has 1 atom stereocenters. The van der Waals surface area contributed by atoms with Crippen LogP contribution >= 0.6 is 11.8 Å². The van der Waals surface area contributed by atoms with Crippen molar-refractivity contribution in [1.82, 2.24) is 5.16 Å². The van der Waals surface area contributed by atoms with E-state index < -0.39 is 0 Å². The molecule has 6 nitrogen and oxygen atoms in total. The summed E-state index contributed by atoms with van der Waals surface area (Å²) in [4.78, 5) is 13.1. The van der Waals surface area contributed by atoms with E-state index in [0.29, 0.717) is 19.1 Å². The van der Waals surface area contributed by atoms with Gasteiger partial charge in [-0.3, -0.25) is 10.1 Å². The average molecular weight is 334 g/mol. The van der Waals surface area contributed by atoms with Crippen LogP contribution in [0.15, 0.2) is 33.7 Å². The number of thioether (sulfide) groups is 1. The monoisotopic (exact) mass is 334 g/mol. The van der Waals surface area contributed by atoms with E-state index in [4.69, 9.17) is 14.0 Å². The summed E-state index contributed by atoms with van der Waals surface area (Å²) in [5.74, 6) is 1.70. The Morgan fingerprint density at radius 3 is 2.78 bits per heavy atom. The number of ether oxygens (including phenoxy) is 2. The second kappa shape index (κ2) is 6.95. The average Bonchev–Trinajstić information content (AvgIpc) is 2.80. The molecule has 0 aliphatic carbocycles. The Balaban J connectivity index is 1.64. The SMILES string of the molecule is Cc1cc(NC(=O)C(C)Sc2ccc3c(c2)OCCCO3)on1. The van der Waals surface area contributed by atoms with Gasteiger partial charge in [0.1, 0.15) is 0 Å². The lowest BCUT2D eigenvalue weighted by Crippen LogP contribution is -2.22. The molecule has 1 aromatic carbocycles. The minimum Gasteiger partial charge on any atom is -0.490 e. The largest absolute Gasteiger partial charge is 0.490 e. The van der Waals surface area contributed by atoms with Crippen molar-refractivity contribution in [3.05, 3.63) is 30.0 Å². The summed E-state index contributed by atoms with van der Waals surface area (Å²) in [5.41, 5.74) is 0.725. The van der Waals surface area contributed by atoms with Gasteiger partial charge in [0.2, 0.25) is 11.8 Å². The predicted octanol–water partition coefficient (Wildman–Crippen LogP) is 3.26. The van der Waals surface area contributed by atoms with Crippen molar-refractivity contribution in [1.29, 1.82) is 0 Å². The van der Waals surface area contributed by atoms with Crippen molar-refractivity contribution in [3.8, 4) is 11.5 Å². The molecule has 0 fully saturated rings. The van der Waals surface area contributed by atoms with E-state index in [-0.39, 0.29) is 11.2 Å². The molecule has 0 saturated heterocycles. The zero-order valence-corrected chi connectivity index (χ0v) is 13.8. The second-order valence-electron chi connectivity index (χ2n) is 5.24. The van der Waals surface area contributed by atoms with Crippen LogP contribution in [0.1, 0.15) is 19.0 Å². The third-order valence-corrected chi connectivity index (χ3v) is 4.37. The lowest BCUT2D eigenvalue weighted by molar-refractivity contribution is -0.115. The zero-order chi connectivity index (χ0) is 16.2. The number of fused-ring (bicyclic) bond motifs is 1. The lowest BCUT2D eigenvalue weighted by atomic mass is 10.3. The van der Waals surface area contributed by atoms with E-state index in [2.05, 4.69) is 10.5 Å². The van der Waals surface area contributed by atoms with E-state index in [9.17, 15) is 4.79 Å². The van der Waals surface area contributed by atoms with Gasteiger partial charge in [0.15, 0.2) is 11.5 Å². The summed E-state index contributed by atoms with van der Waals surface area (Å²) in [6.07, 6.45) is 0.868. The number of amides is 1. The van der Waals surface area contributed by atoms with Gasteiger partial charge in [-0.15, -0.1) is 11.8 Å². The minimum absolute atomic E-state index is 0.140. The highest BCUT2D eigenvalue weighted by Gasteiger charge is 2.18. The molecule has 7 heteroatoms. The predicted molar refractivity (Wildman–Crippen MR) is 87.2 cm³/mol. The molecule has 1 unspecified atom stereocenters. The highest BCUT2D eigenvalue weighted by atomic mass is 32.2. The van der Waals surface area contributed by atoms with Crippen molar-refractivity contribution in [2.24, 2.45) is 0 Å². The summed E-state index contributed by atoms with van der Waals surface area (Å²) in [7, 11) is 0. The van der Waals surface area contributed by atoms with Gasteiger partial charge in [0, 0.05) is 17.4 Å². The topological polar surface area (TPSA) is 73.6 Å². The number of benzene rings is 1. The highest BCUT2D eigenvalue weighted by Crippen LogP contribution is 2.35. The summed E-state index contributed by atoms with van der Waals surface area (Å²) >= 11 is 1.45. The third kappa shape index (κ3) is 3.98. The number of rotatable bonds is 4. The molecule has 1 aliphatic rings. The smallest absolute Gasteiger partial charge is 0.239 e. The Labute approximate surface area is 138 Å². The first kappa shape index (κ1) is 15.7.